The van der Waals surface area contributed by atoms with Gasteiger partial charge in [-0.05, 0) is 48.7 Å². The van der Waals surface area contributed by atoms with Gasteiger partial charge in [0.15, 0.2) is 6.61 Å². The number of aryl methyl sites for hydroxylation is 1. The van der Waals surface area contributed by atoms with Gasteiger partial charge in [0.05, 0.1) is 26.4 Å². The molecule has 1 saturated heterocycles. The maximum Gasteiger partial charge on any atom is 0.258 e. The number of rotatable bonds is 8. The van der Waals surface area contributed by atoms with E-state index in [2.05, 4.69) is 22.3 Å². The van der Waals surface area contributed by atoms with Crippen molar-refractivity contribution in [2.24, 2.45) is 0 Å². The molecule has 156 valence electrons. The minimum Gasteiger partial charge on any atom is -0.497 e. The van der Waals surface area contributed by atoms with E-state index < -0.39 is 0 Å². The molecule has 2 aromatic carbocycles. The molecule has 2 aromatic rings. The van der Waals surface area contributed by atoms with E-state index in [-0.39, 0.29) is 18.6 Å². The van der Waals surface area contributed by atoms with Gasteiger partial charge in [-0.1, -0.05) is 24.3 Å². The van der Waals surface area contributed by atoms with Gasteiger partial charge < -0.3 is 19.5 Å². The Morgan fingerprint density at radius 2 is 1.86 bits per heavy atom. The summed E-state index contributed by atoms with van der Waals surface area (Å²) in [5.41, 5.74) is 3.35. The van der Waals surface area contributed by atoms with E-state index in [1.54, 1.807) is 7.11 Å². The van der Waals surface area contributed by atoms with Gasteiger partial charge in [-0.3, -0.25) is 9.69 Å². The van der Waals surface area contributed by atoms with Crippen LogP contribution in [0.1, 0.15) is 22.7 Å². The third-order valence-corrected chi connectivity index (χ3v) is 5.39. The molecule has 1 aliphatic heterocycles. The summed E-state index contributed by atoms with van der Waals surface area (Å²) in [6.45, 7) is 7.64. The lowest BCUT2D eigenvalue weighted by Gasteiger charge is -2.35. The maximum absolute atomic E-state index is 12.4. The van der Waals surface area contributed by atoms with Crippen molar-refractivity contribution in [3.05, 3.63) is 59.2 Å². The predicted molar refractivity (Wildman–Crippen MR) is 113 cm³/mol. The van der Waals surface area contributed by atoms with Gasteiger partial charge in [-0.2, -0.15) is 0 Å². The molecule has 1 heterocycles. The van der Waals surface area contributed by atoms with Crippen molar-refractivity contribution < 1.29 is 19.0 Å². The number of morpholine rings is 1. The van der Waals surface area contributed by atoms with Crippen LogP contribution in [-0.4, -0.2) is 57.4 Å². The number of nitrogens with one attached hydrogen (secondary N) is 1. The van der Waals surface area contributed by atoms with Gasteiger partial charge in [0.2, 0.25) is 0 Å². The summed E-state index contributed by atoms with van der Waals surface area (Å²) in [5.74, 6) is 1.44. The number of hydrogen-bond acceptors (Lipinski definition) is 5. The quantitative estimate of drug-likeness (QED) is 0.741. The fraction of sp³-hybridized carbons (Fsp3) is 0.435. The van der Waals surface area contributed by atoms with E-state index in [1.165, 1.54) is 0 Å². The van der Waals surface area contributed by atoms with Crippen LogP contribution in [0.2, 0.25) is 0 Å². The van der Waals surface area contributed by atoms with Gasteiger partial charge in [0.25, 0.3) is 5.91 Å². The zero-order valence-corrected chi connectivity index (χ0v) is 17.4. The van der Waals surface area contributed by atoms with Crippen LogP contribution in [0.3, 0.4) is 0 Å². The highest BCUT2D eigenvalue weighted by atomic mass is 16.5. The summed E-state index contributed by atoms with van der Waals surface area (Å²) in [7, 11) is 1.66. The SMILES string of the molecule is COc1ccc(C(CNC(=O)COc2cccc(C)c2C)N2CCOCC2)cc1. The van der Waals surface area contributed by atoms with Crippen LogP contribution in [-0.2, 0) is 9.53 Å². The number of ether oxygens (including phenoxy) is 3. The number of amides is 1. The van der Waals surface area contributed by atoms with Crippen LogP contribution in [0.4, 0.5) is 0 Å². The second-order valence-electron chi connectivity index (χ2n) is 7.23. The minimum atomic E-state index is -0.127. The van der Waals surface area contributed by atoms with E-state index in [0.717, 1.165) is 41.3 Å². The van der Waals surface area contributed by atoms with Crippen molar-refractivity contribution in [3.8, 4) is 11.5 Å². The molecule has 1 aliphatic rings. The summed E-state index contributed by atoms with van der Waals surface area (Å²) in [4.78, 5) is 14.8. The van der Waals surface area contributed by atoms with Crippen LogP contribution in [0.5, 0.6) is 11.5 Å². The molecule has 0 aromatic heterocycles. The Kier molecular flexibility index (Phi) is 7.49. The Bertz CT molecular complexity index is 801. The highest BCUT2D eigenvalue weighted by Gasteiger charge is 2.23. The van der Waals surface area contributed by atoms with Gasteiger partial charge in [-0.15, -0.1) is 0 Å². The first-order valence-electron chi connectivity index (χ1n) is 10.00. The van der Waals surface area contributed by atoms with Crippen molar-refractivity contribution in [3.63, 3.8) is 0 Å². The van der Waals surface area contributed by atoms with Gasteiger partial charge in [0, 0.05) is 19.6 Å². The standard InChI is InChI=1S/C23H30N2O4/c1-17-5-4-6-22(18(17)2)29-16-23(26)24-15-21(25-11-13-28-14-12-25)19-7-9-20(27-3)10-8-19/h4-10,21H,11-16H2,1-3H3,(H,24,26). The average molecular weight is 399 g/mol. The van der Waals surface area contributed by atoms with E-state index in [0.29, 0.717) is 19.8 Å². The Hall–Kier alpha value is -2.57. The number of benzene rings is 2. The van der Waals surface area contributed by atoms with Crippen molar-refractivity contribution in [2.75, 3.05) is 46.6 Å². The summed E-state index contributed by atoms with van der Waals surface area (Å²) in [5, 5.41) is 3.03. The number of nitrogens with zero attached hydrogens (tertiary/aromatic N) is 1. The van der Waals surface area contributed by atoms with E-state index in [9.17, 15) is 4.79 Å². The Labute approximate surface area is 172 Å². The molecule has 0 radical (unpaired) electrons. The van der Waals surface area contributed by atoms with Crippen LogP contribution < -0.4 is 14.8 Å². The normalized spacial score (nSPS) is 15.6. The Morgan fingerprint density at radius 1 is 1.14 bits per heavy atom. The lowest BCUT2D eigenvalue weighted by molar-refractivity contribution is -0.123. The smallest absolute Gasteiger partial charge is 0.258 e. The number of carbonyl (C=O) groups excluding carboxylic acids is 1. The first-order valence-corrected chi connectivity index (χ1v) is 10.00. The molecule has 0 bridgehead atoms. The third kappa shape index (κ3) is 5.71. The van der Waals surface area contributed by atoms with Crippen LogP contribution in [0.15, 0.2) is 42.5 Å². The molecule has 1 amide bonds. The molecule has 6 nitrogen and oxygen atoms in total. The molecule has 0 aliphatic carbocycles. The van der Waals surface area contributed by atoms with Gasteiger partial charge in [-0.25, -0.2) is 0 Å². The minimum absolute atomic E-state index is 0.00272. The lowest BCUT2D eigenvalue weighted by Crippen LogP contribution is -2.44. The fourth-order valence-electron chi connectivity index (χ4n) is 3.46. The topological polar surface area (TPSA) is 60.0 Å². The molecule has 6 heteroatoms. The number of carbonyl (C=O) groups is 1. The van der Waals surface area contributed by atoms with Crippen LogP contribution >= 0.6 is 0 Å². The Balaban J connectivity index is 1.61. The van der Waals surface area contributed by atoms with Crippen molar-refractivity contribution in [2.45, 2.75) is 19.9 Å². The van der Waals surface area contributed by atoms with E-state index in [1.807, 2.05) is 44.2 Å². The highest BCUT2D eigenvalue weighted by Crippen LogP contribution is 2.24. The zero-order valence-electron chi connectivity index (χ0n) is 17.4. The van der Waals surface area contributed by atoms with E-state index >= 15 is 0 Å². The average Bonchev–Trinajstić information content (AvgIpc) is 2.76. The van der Waals surface area contributed by atoms with Crippen molar-refractivity contribution in [1.29, 1.82) is 0 Å². The predicted octanol–water partition coefficient (Wildman–Crippen LogP) is 2.88. The molecule has 1 unspecified atom stereocenters. The zero-order chi connectivity index (χ0) is 20.6. The molecule has 1 N–H and O–H groups in total. The molecule has 29 heavy (non-hydrogen) atoms. The monoisotopic (exact) mass is 398 g/mol. The van der Waals surface area contributed by atoms with Crippen LogP contribution in [0.25, 0.3) is 0 Å². The van der Waals surface area contributed by atoms with Crippen LogP contribution in [0, 0.1) is 13.8 Å². The largest absolute Gasteiger partial charge is 0.497 e. The lowest BCUT2D eigenvalue weighted by atomic mass is 10.0. The number of hydrogen-bond donors (Lipinski definition) is 1. The fourth-order valence-corrected chi connectivity index (χ4v) is 3.46. The molecule has 0 spiro atoms. The first kappa shape index (κ1) is 21.1. The highest BCUT2D eigenvalue weighted by molar-refractivity contribution is 5.77. The third-order valence-electron chi connectivity index (χ3n) is 5.39. The summed E-state index contributed by atoms with van der Waals surface area (Å²) in [6, 6.07) is 14.0. The molecular weight excluding hydrogens is 368 g/mol. The van der Waals surface area contributed by atoms with Crippen molar-refractivity contribution in [1.82, 2.24) is 10.2 Å². The summed E-state index contributed by atoms with van der Waals surface area (Å²) in [6.07, 6.45) is 0. The summed E-state index contributed by atoms with van der Waals surface area (Å²) < 4.78 is 16.5. The maximum atomic E-state index is 12.4. The van der Waals surface area contributed by atoms with E-state index in [4.69, 9.17) is 14.2 Å². The Morgan fingerprint density at radius 3 is 2.55 bits per heavy atom. The van der Waals surface area contributed by atoms with Gasteiger partial charge in [0.1, 0.15) is 11.5 Å². The molecular formula is C23H30N2O4. The molecule has 3 rings (SSSR count). The van der Waals surface area contributed by atoms with Gasteiger partial charge >= 0.3 is 0 Å². The molecule has 1 atom stereocenters. The summed E-state index contributed by atoms with van der Waals surface area (Å²) >= 11 is 0. The second kappa shape index (κ2) is 10.3. The van der Waals surface area contributed by atoms with Crippen molar-refractivity contribution >= 4 is 5.91 Å². The first-order chi connectivity index (χ1) is 14.1. The molecule has 0 saturated carbocycles. The molecule has 1 fully saturated rings. The number of methoxy groups -OCH3 is 1. The second-order valence-corrected chi connectivity index (χ2v) is 7.23.